The fourth-order valence-electron chi connectivity index (χ4n) is 1.74. The molecule has 3 nitrogen and oxygen atoms in total. The average molecular weight is 290 g/mol. The highest BCUT2D eigenvalue weighted by Crippen LogP contribution is 2.27. The Bertz CT molecular complexity index is 518. The molecule has 0 aliphatic heterocycles. The maximum absolute atomic E-state index is 11.6. The average Bonchev–Trinajstić information content (AvgIpc) is 2.13. The third-order valence-corrected chi connectivity index (χ3v) is 7.20. The van der Waals surface area contributed by atoms with E-state index in [1.165, 1.54) is 0 Å². The predicted octanol–water partition coefficient (Wildman–Crippen LogP) is 1.85. The summed E-state index contributed by atoms with van der Waals surface area (Å²) in [5, 5.41) is 1.58. The minimum Gasteiger partial charge on any atom is -0.282 e. The first-order valence-electron chi connectivity index (χ1n) is 5.33. The van der Waals surface area contributed by atoms with Crippen LogP contribution >= 0.6 is 7.92 Å². The van der Waals surface area contributed by atoms with Gasteiger partial charge in [-0.3, -0.25) is 4.55 Å². The van der Waals surface area contributed by atoms with Crippen molar-refractivity contribution in [2.24, 2.45) is 0 Å². The Labute approximate surface area is 106 Å². The second-order valence-corrected chi connectivity index (χ2v) is 13.9. The van der Waals surface area contributed by atoms with Gasteiger partial charge in [-0.1, -0.05) is 45.8 Å². The van der Waals surface area contributed by atoms with Crippen LogP contribution in [0.4, 0.5) is 0 Å². The van der Waals surface area contributed by atoms with Gasteiger partial charge in [-0.05, 0) is 23.8 Å². The molecule has 1 N–H and O–H groups in total. The Morgan fingerprint density at radius 1 is 1.18 bits per heavy atom. The molecule has 0 aliphatic carbocycles. The zero-order valence-corrected chi connectivity index (χ0v) is 13.6. The van der Waals surface area contributed by atoms with E-state index in [-0.39, 0.29) is 4.90 Å². The lowest BCUT2D eigenvalue weighted by molar-refractivity contribution is 0.484. The molecule has 0 aromatic heterocycles. The first-order valence-corrected chi connectivity index (χ1v) is 12.5. The summed E-state index contributed by atoms with van der Waals surface area (Å²) in [4.78, 5) is 0.162. The molecule has 0 bridgehead atoms. The lowest BCUT2D eigenvalue weighted by Gasteiger charge is -2.23. The Kier molecular flexibility index (Phi) is 4.19. The Morgan fingerprint density at radius 3 is 2.06 bits per heavy atom. The normalized spacial score (nSPS) is 13.1. The summed E-state index contributed by atoms with van der Waals surface area (Å²) in [5.74, 6) is 0. The van der Waals surface area contributed by atoms with E-state index in [0.29, 0.717) is 0 Å². The van der Waals surface area contributed by atoms with Crippen molar-refractivity contribution in [3.63, 3.8) is 0 Å². The van der Waals surface area contributed by atoms with E-state index in [1.54, 1.807) is 6.07 Å². The van der Waals surface area contributed by atoms with Gasteiger partial charge in [0.1, 0.15) is 4.90 Å². The van der Waals surface area contributed by atoms with Crippen molar-refractivity contribution >= 4 is 36.6 Å². The van der Waals surface area contributed by atoms with Crippen LogP contribution in [0.3, 0.4) is 0 Å². The maximum atomic E-state index is 11.6. The van der Waals surface area contributed by atoms with Gasteiger partial charge in [0.15, 0.2) is 0 Å². The van der Waals surface area contributed by atoms with E-state index >= 15 is 0 Å². The van der Waals surface area contributed by atoms with Crippen molar-refractivity contribution in [3.05, 3.63) is 18.2 Å². The van der Waals surface area contributed by atoms with E-state index in [4.69, 9.17) is 0 Å². The summed E-state index contributed by atoms with van der Waals surface area (Å²) in [5.41, 5.74) is 0. The smallest absolute Gasteiger partial charge is 0.282 e. The van der Waals surface area contributed by atoms with Crippen LogP contribution in [-0.4, -0.2) is 34.4 Å². The zero-order chi connectivity index (χ0) is 13.4. The van der Waals surface area contributed by atoms with Crippen LogP contribution in [0, 0.1) is 0 Å². The van der Waals surface area contributed by atoms with Crippen LogP contribution in [0.1, 0.15) is 0 Å². The summed E-state index contributed by atoms with van der Waals surface area (Å²) in [6.07, 6.45) is 0. The van der Waals surface area contributed by atoms with E-state index in [9.17, 15) is 13.0 Å². The van der Waals surface area contributed by atoms with E-state index in [0.717, 1.165) is 10.5 Å². The van der Waals surface area contributed by atoms with Crippen molar-refractivity contribution in [3.8, 4) is 0 Å². The molecule has 1 rings (SSSR count). The Balaban J connectivity index is 3.70. The van der Waals surface area contributed by atoms with Gasteiger partial charge in [-0.25, -0.2) is 0 Å². The molecular weight excluding hydrogens is 271 g/mol. The monoisotopic (exact) mass is 290 g/mol. The minimum atomic E-state index is -4.14. The second-order valence-electron chi connectivity index (χ2n) is 5.27. The van der Waals surface area contributed by atoms with Crippen LogP contribution < -0.4 is 10.5 Å². The molecule has 0 unspecified atom stereocenters. The number of rotatable bonds is 3. The second kappa shape index (κ2) is 4.80. The Morgan fingerprint density at radius 2 is 1.71 bits per heavy atom. The predicted molar refractivity (Wildman–Crippen MR) is 77.6 cm³/mol. The van der Waals surface area contributed by atoms with Crippen molar-refractivity contribution in [1.29, 1.82) is 0 Å². The largest absolute Gasteiger partial charge is 0.295 e. The summed E-state index contributed by atoms with van der Waals surface area (Å²) in [6, 6.07) is 5.52. The van der Waals surface area contributed by atoms with Crippen LogP contribution in [0.2, 0.25) is 19.6 Å². The summed E-state index contributed by atoms with van der Waals surface area (Å²) in [7, 11) is -6.50. The van der Waals surface area contributed by atoms with Crippen molar-refractivity contribution < 1.29 is 13.0 Å². The molecule has 6 heteroatoms. The van der Waals surface area contributed by atoms with E-state index in [1.807, 2.05) is 25.5 Å². The molecule has 1 aromatic carbocycles. The first kappa shape index (κ1) is 14.8. The molecule has 17 heavy (non-hydrogen) atoms. The molecule has 0 atom stereocenters. The highest BCUT2D eigenvalue weighted by atomic mass is 32.2. The van der Waals surface area contributed by atoms with Crippen LogP contribution in [0.5, 0.6) is 0 Å². The summed E-state index contributed by atoms with van der Waals surface area (Å²) < 4.78 is 32.7. The minimum absolute atomic E-state index is 0.162. The van der Waals surface area contributed by atoms with Gasteiger partial charge in [0.25, 0.3) is 10.1 Å². The SMILES string of the molecule is CP(C)c1cccc([Si](C)(C)C)c1S(=O)(=O)O. The molecule has 0 saturated heterocycles. The fourth-order valence-corrected chi connectivity index (χ4v) is 7.04. The highest BCUT2D eigenvalue weighted by molar-refractivity contribution is 7.87. The van der Waals surface area contributed by atoms with Crippen molar-refractivity contribution in [2.75, 3.05) is 13.3 Å². The van der Waals surface area contributed by atoms with Gasteiger partial charge >= 0.3 is 0 Å². The highest BCUT2D eigenvalue weighted by Gasteiger charge is 2.28. The van der Waals surface area contributed by atoms with Crippen molar-refractivity contribution in [2.45, 2.75) is 24.5 Å². The molecular formula is C11H19O3PSSi. The standard InChI is InChI=1S/C11H19O3PSSi/c1-15(2)9-7-6-8-10(17(3,4)5)11(9)16(12,13)14/h6-8H,1-5H3,(H,12,13,14). The molecule has 0 spiro atoms. The van der Waals surface area contributed by atoms with Gasteiger partial charge in [-0.2, -0.15) is 8.42 Å². The molecule has 0 saturated carbocycles. The molecule has 0 heterocycles. The van der Waals surface area contributed by atoms with Gasteiger partial charge in [0.2, 0.25) is 0 Å². The van der Waals surface area contributed by atoms with Gasteiger partial charge in [0, 0.05) is 0 Å². The summed E-state index contributed by atoms with van der Waals surface area (Å²) in [6.45, 7) is 10.2. The first-order chi connectivity index (χ1) is 7.55. The molecule has 96 valence electrons. The van der Waals surface area contributed by atoms with Gasteiger partial charge < -0.3 is 0 Å². The van der Waals surface area contributed by atoms with E-state index in [2.05, 4.69) is 19.6 Å². The van der Waals surface area contributed by atoms with Gasteiger partial charge in [-0.15, -0.1) is 0 Å². The van der Waals surface area contributed by atoms with E-state index < -0.39 is 26.1 Å². The molecule has 0 aliphatic rings. The molecule has 0 radical (unpaired) electrons. The number of benzene rings is 1. The van der Waals surface area contributed by atoms with Crippen LogP contribution in [-0.2, 0) is 10.1 Å². The maximum Gasteiger partial charge on any atom is 0.295 e. The summed E-state index contributed by atoms with van der Waals surface area (Å²) >= 11 is 0. The van der Waals surface area contributed by atoms with Crippen LogP contribution in [0.25, 0.3) is 0 Å². The number of hydrogen-bond donors (Lipinski definition) is 1. The lowest BCUT2D eigenvalue weighted by atomic mass is 10.4. The number of hydrogen-bond acceptors (Lipinski definition) is 2. The van der Waals surface area contributed by atoms with Crippen molar-refractivity contribution in [1.82, 2.24) is 0 Å². The fraction of sp³-hybridized carbons (Fsp3) is 0.455. The molecule has 0 amide bonds. The third kappa shape index (κ3) is 3.38. The topological polar surface area (TPSA) is 54.4 Å². The quantitative estimate of drug-likeness (QED) is 0.525. The van der Waals surface area contributed by atoms with Crippen LogP contribution in [0.15, 0.2) is 23.1 Å². The third-order valence-electron chi connectivity index (χ3n) is 2.54. The molecule has 0 fully saturated rings. The van der Waals surface area contributed by atoms with Gasteiger partial charge in [0.05, 0.1) is 8.07 Å². The Hall–Kier alpha value is -0.223. The molecule has 1 aromatic rings. The zero-order valence-electron chi connectivity index (χ0n) is 10.9. The lowest BCUT2D eigenvalue weighted by Crippen LogP contribution is -2.43.